The Bertz CT molecular complexity index is 32.7. The van der Waals surface area contributed by atoms with Gasteiger partial charge in [0.2, 0.25) is 0 Å². The Morgan fingerprint density at radius 2 is 1.43 bits per heavy atom. The second-order valence-electron chi connectivity index (χ2n) is 0.238. The highest BCUT2D eigenvalue weighted by Gasteiger charge is 1.65. The van der Waals surface area contributed by atoms with Crippen LogP contribution in [0, 0.1) is 10.1 Å². The van der Waals surface area contributed by atoms with Crippen molar-refractivity contribution in [1.29, 1.82) is 0 Å². The first-order valence-corrected chi connectivity index (χ1v) is 0.565. The van der Waals surface area contributed by atoms with Gasteiger partial charge in [0.1, 0.15) is 0 Å². The molecule has 0 bridgehead atoms. The molecule has 0 aliphatic rings. The third-order valence-electron chi connectivity index (χ3n) is 0. The van der Waals surface area contributed by atoms with Gasteiger partial charge in [0.25, 0.3) is 5.09 Å². The lowest BCUT2D eigenvalue weighted by Crippen LogP contribution is -1.81. The Kier molecular flexibility index (Phi) is 62.8. The Morgan fingerprint density at radius 3 is 1.43 bits per heavy atom. The average Bonchev–Trinajstić information content (AvgIpc) is 0.811. The first kappa shape index (κ1) is 26.9. The highest BCUT2D eigenvalue weighted by Crippen LogP contribution is 1.38. The van der Waals surface area contributed by atoms with Crippen LogP contribution in [0.15, 0.2) is 0 Å². The maximum atomic E-state index is 8.36. The monoisotopic (exact) mass is 141 g/mol. The molecule has 0 aromatic rings. The van der Waals surface area contributed by atoms with E-state index in [0.29, 0.717) is 0 Å². The van der Waals surface area contributed by atoms with E-state index in [0.717, 1.165) is 0 Å². The van der Waals surface area contributed by atoms with Crippen LogP contribution in [0.1, 0.15) is 0 Å². The van der Waals surface area contributed by atoms with E-state index in [-0.39, 0.29) is 40.2 Å². The summed E-state index contributed by atoms with van der Waals surface area (Å²) >= 11 is 0. The minimum absolute atomic E-state index is 0. The van der Waals surface area contributed by atoms with Crippen LogP contribution >= 0.6 is 0 Å². The molecular weight excluding hydrogens is 132 g/mol. The number of rotatable bonds is 0. The second kappa shape index (κ2) is 16.3. The maximum Gasteiger partial charge on any atom is 0.291 e. The molecule has 0 aliphatic carbocycles. The van der Waals surface area contributed by atoms with Crippen molar-refractivity contribution in [3.8, 4) is 0 Å². The van der Waals surface area contributed by atoms with Crippen molar-refractivity contribution in [3.63, 3.8) is 0 Å². The Morgan fingerprint density at radius 1 is 1.43 bits per heavy atom. The van der Waals surface area contributed by atoms with Gasteiger partial charge >= 0.3 is 0 Å². The molecule has 0 radical (unpaired) electrons. The van der Waals surface area contributed by atoms with Crippen LogP contribution in [-0.2, 0) is 0 Å². The summed E-state index contributed by atoms with van der Waals surface area (Å²) in [4.78, 5) is 8.36. The summed E-state index contributed by atoms with van der Waals surface area (Å²) in [5.41, 5.74) is 0. The summed E-state index contributed by atoms with van der Waals surface area (Å²) in [6, 6.07) is 0. The van der Waals surface area contributed by atoms with Crippen LogP contribution < -0.4 is 0 Å². The molecule has 0 fully saturated rings. The quantitative estimate of drug-likeness (QED) is 0.215. The van der Waals surface area contributed by atoms with Gasteiger partial charge in [0.05, 0.1) is 0 Å². The zero-order chi connectivity index (χ0) is 3.58. The molecule has 0 aliphatic heterocycles. The molecule has 0 spiro atoms. The molecule has 3 N–H and O–H groups in total. The van der Waals surface area contributed by atoms with E-state index < -0.39 is 5.09 Å². The van der Waals surface area contributed by atoms with Gasteiger partial charge in [0.15, 0.2) is 34.7 Å². The topological polar surface area (TPSA) is 94.9 Å². The minimum atomic E-state index is -1.50. The van der Waals surface area contributed by atoms with Gasteiger partial charge in [-0.3, -0.25) is 0 Å². The first-order chi connectivity index (χ1) is 1.73. The lowest BCUT2D eigenvalue weighted by atomic mass is 13.1. The van der Waals surface area contributed by atoms with Crippen molar-refractivity contribution < 1.29 is 15.8 Å². The van der Waals surface area contributed by atoms with Gasteiger partial charge in [-0.15, -0.1) is 10.1 Å². The fourth-order valence-electron chi connectivity index (χ4n) is 0. The van der Waals surface area contributed by atoms with E-state index >= 15 is 0 Å². The summed E-state index contributed by atoms with van der Waals surface area (Å²) in [5, 5.41) is 13.6. The number of hydrogen-bond acceptors (Lipinski definition) is 2. The van der Waals surface area contributed by atoms with Gasteiger partial charge in [-0.2, -0.15) is 0 Å². The van der Waals surface area contributed by atoms with Gasteiger partial charge in [-0.1, -0.05) is 0 Å². The zero-order valence-electron chi connectivity index (χ0n) is 2.21. The summed E-state index contributed by atoms with van der Waals surface area (Å²) in [7, 11) is 0. The fraction of sp³-hybridized carbons (Fsp3) is 0. The lowest BCUT2D eigenvalue weighted by Gasteiger charge is -1.56. The van der Waals surface area contributed by atoms with E-state index in [1.807, 2.05) is 0 Å². The molecule has 7 heavy (non-hydrogen) atoms. The maximum absolute atomic E-state index is 8.36. The summed E-state index contributed by atoms with van der Waals surface area (Å²) in [6.07, 6.45) is 0. The van der Waals surface area contributed by atoms with Gasteiger partial charge < -0.3 is 10.7 Å². The van der Waals surface area contributed by atoms with Gasteiger partial charge in [-0.05, 0) is 0 Å². The van der Waals surface area contributed by atoms with Crippen LogP contribution in [0.5, 0.6) is 0 Å². The summed E-state index contributed by atoms with van der Waals surface area (Å²) in [5.74, 6) is 0. The molecule has 0 rings (SSSR count). The van der Waals surface area contributed by atoms with E-state index in [9.17, 15) is 0 Å². The molecule has 0 amide bonds. The zero-order valence-corrected chi connectivity index (χ0v) is 2.21. The van der Waals surface area contributed by atoms with Crippen LogP contribution in [0.2, 0.25) is 0 Å². The van der Waals surface area contributed by atoms with Crippen molar-refractivity contribution >= 4 is 34.7 Å². The molecule has 0 unspecified atom stereocenters. The average molecular weight is 141 g/mol. The second-order valence-corrected chi connectivity index (χ2v) is 0.238. The number of nitrogens with zero attached hydrogens (tertiary/aromatic N) is 1. The van der Waals surface area contributed by atoms with Crippen LogP contribution in [-0.4, -0.2) is 50.5 Å². The van der Waals surface area contributed by atoms with E-state index in [4.69, 9.17) is 15.3 Å². The Hall–Kier alpha value is 0.225. The van der Waals surface area contributed by atoms with Crippen molar-refractivity contribution in [2.45, 2.75) is 0 Å². The Labute approximate surface area is 61.0 Å². The lowest BCUT2D eigenvalue weighted by molar-refractivity contribution is -0.742. The molecule has 0 atom stereocenters. The molecule has 5 nitrogen and oxygen atoms in total. The highest BCUT2D eigenvalue weighted by molar-refractivity contribution is 5.76. The molecule has 0 aromatic heterocycles. The molecule has 0 heterocycles. The van der Waals surface area contributed by atoms with Crippen molar-refractivity contribution in [2.24, 2.45) is 0 Å². The Balaban J connectivity index is -0.0000000150. The molecule has 7 heteroatoms. The SMILES string of the molecule is O.O=[N+]([O-])O.[AlH3].[AlH3]. The molecule has 0 aromatic carbocycles. The summed E-state index contributed by atoms with van der Waals surface area (Å²) < 4.78 is 0. The van der Waals surface area contributed by atoms with Crippen LogP contribution in [0.4, 0.5) is 0 Å². The van der Waals surface area contributed by atoms with Crippen molar-refractivity contribution in [1.82, 2.24) is 0 Å². The standard InChI is InChI=1S/2Al.HNO3.H2O.6H/c;;2-1(3)4;;;;;;;/h;;(H,2,3,4);1H2;;;;;;. The van der Waals surface area contributed by atoms with E-state index in [1.54, 1.807) is 0 Å². The van der Waals surface area contributed by atoms with E-state index in [1.165, 1.54) is 0 Å². The van der Waals surface area contributed by atoms with Crippen molar-refractivity contribution in [3.05, 3.63) is 10.1 Å². The van der Waals surface area contributed by atoms with Crippen molar-refractivity contribution in [2.75, 3.05) is 0 Å². The minimum Gasteiger partial charge on any atom is -0.412 e. The predicted molar refractivity (Wildman–Crippen MR) is 32.3 cm³/mol. The van der Waals surface area contributed by atoms with Crippen LogP contribution in [0.25, 0.3) is 0 Å². The van der Waals surface area contributed by atoms with Gasteiger partial charge in [-0.25, -0.2) is 0 Å². The van der Waals surface area contributed by atoms with Crippen LogP contribution in [0.3, 0.4) is 0 Å². The molecule has 0 saturated heterocycles. The normalized spacial score (nSPS) is 3.43. The molecule has 44 valence electrons. The first-order valence-electron chi connectivity index (χ1n) is 0.565. The molecule has 0 saturated carbocycles. The van der Waals surface area contributed by atoms with Gasteiger partial charge in [0, 0.05) is 0 Å². The fourth-order valence-corrected chi connectivity index (χ4v) is 0. The third-order valence-corrected chi connectivity index (χ3v) is 0. The smallest absolute Gasteiger partial charge is 0.291 e. The number of hydrogen-bond donors (Lipinski definition) is 1. The molecular formula is H9Al2NO4. The summed E-state index contributed by atoms with van der Waals surface area (Å²) in [6.45, 7) is 0. The largest absolute Gasteiger partial charge is 0.412 e. The predicted octanol–water partition coefficient (Wildman–Crippen LogP) is -3.54. The highest BCUT2D eigenvalue weighted by atomic mass is 27.0. The third kappa shape index (κ3) is 2200. The van der Waals surface area contributed by atoms with E-state index in [2.05, 4.69) is 0 Å².